The summed E-state index contributed by atoms with van der Waals surface area (Å²) in [5.41, 5.74) is 6.01. The Bertz CT molecular complexity index is 368. The Labute approximate surface area is 86.3 Å². The monoisotopic (exact) mass is 214 g/mol. The zero-order chi connectivity index (χ0) is 11.4. The summed E-state index contributed by atoms with van der Waals surface area (Å²) >= 11 is 0. The molecule has 5 heteroatoms. The molecular formula is C10H12F2N2O. The fourth-order valence-corrected chi connectivity index (χ4v) is 1.20. The first-order valence-corrected chi connectivity index (χ1v) is 4.45. The van der Waals surface area contributed by atoms with E-state index in [1.54, 1.807) is 0 Å². The average molecular weight is 214 g/mol. The Kier molecular flexibility index (Phi) is 3.74. The van der Waals surface area contributed by atoms with E-state index >= 15 is 0 Å². The lowest BCUT2D eigenvalue weighted by Gasteiger charge is -2.09. The highest BCUT2D eigenvalue weighted by Crippen LogP contribution is 2.10. The summed E-state index contributed by atoms with van der Waals surface area (Å²) < 4.78 is 25.4. The van der Waals surface area contributed by atoms with Crippen LogP contribution in [0.5, 0.6) is 0 Å². The lowest BCUT2D eigenvalue weighted by molar-refractivity contribution is -0.121. The number of likely N-dealkylation sites (N-methyl/N-ethyl adjacent to an activating group) is 1. The summed E-state index contributed by atoms with van der Waals surface area (Å²) in [7, 11) is 1.47. The van der Waals surface area contributed by atoms with Crippen LogP contribution in [0.3, 0.4) is 0 Å². The van der Waals surface area contributed by atoms with E-state index in [1.165, 1.54) is 13.1 Å². The second-order valence-corrected chi connectivity index (χ2v) is 3.17. The van der Waals surface area contributed by atoms with Crippen LogP contribution in [-0.4, -0.2) is 19.0 Å². The van der Waals surface area contributed by atoms with Crippen LogP contribution in [0.4, 0.5) is 8.78 Å². The van der Waals surface area contributed by atoms with Gasteiger partial charge in [-0.15, -0.1) is 0 Å². The number of rotatable bonds is 3. The molecule has 0 saturated carbocycles. The zero-order valence-corrected chi connectivity index (χ0v) is 8.26. The van der Waals surface area contributed by atoms with Gasteiger partial charge in [-0.2, -0.15) is 0 Å². The van der Waals surface area contributed by atoms with Gasteiger partial charge in [0.2, 0.25) is 5.91 Å². The van der Waals surface area contributed by atoms with Crippen molar-refractivity contribution < 1.29 is 13.6 Å². The average Bonchev–Trinajstić information content (AvgIpc) is 2.22. The van der Waals surface area contributed by atoms with E-state index < -0.39 is 17.7 Å². The van der Waals surface area contributed by atoms with Crippen molar-refractivity contribution in [2.45, 2.75) is 12.5 Å². The quantitative estimate of drug-likeness (QED) is 0.773. The van der Waals surface area contributed by atoms with E-state index in [4.69, 9.17) is 5.73 Å². The van der Waals surface area contributed by atoms with Crippen molar-refractivity contribution in [1.82, 2.24) is 5.32 Å². The molecule has 1 aromatic rings. The highest BCUT2D eigenvalue weighted by Gasteiger charge is 2.13. The maximum atomic E-state index is 12.8. The molecule has 3 nitrogen and oxygen atoms in total. The third-order valence-electron chi connectivity index (χ3n) is 2.02. The third-order valence-corrected chi connectivity index (χ3v) is 2.02. The molecule has 1 aromatic carbocycles. The first kappa shape index (κ1) is 11.6. The number of amides is 1. The molecule has 82 valence electrons. The second kappa shape index (κ2) is 4.84. The van der Waals surface area contributed by atoms with Gasteiger partial charge in [0.15, 0.2) is 11.6 Å². The molecule has 0 aliphatic carbocycles. The SMILES string of the molecule is CNC(=O)C(N)Cc1ccc(F)c(F)c1. The van der Waals surface area contributed by atoms with Crippen LogP contribution in [0.2, 0.25) is 0 Å². The van der Waals surface area contributed by atoms with E-state index in [-0.39, 0.29) is 12.3 Å². The van der Waals surface area contributed by atoms with E-state index in [0.717, 1.165) is 12.1 Å². The van der Waals surface area contributed by atoms with Crippen LogP contribution in [-0.2, 0) is 11.2 Å². The predicted octanol–water partition coefficient (Wildman–Crippen LogP) is 0.581. The van der Waals surface area contributed by atoms with E-state index in [9.17, 15) is 13.6 Å². The minimum atomic E-state index is -0.934. The van der Waals surface area contributed by atoms with Crippen molar-refractivity contribution in [2.24, 2.45) is 5.73 Å². The standard InChI is InChI=1S/C10H12F2N2O/c1-14-10(15)9(13)5-6-2-3-7(11)8(12)4-6/h2-4,9H,5,13H2,1H3,(H,14,15). The molecule has 0 bridgehead atoms. The van der Waals surface area contributed by atoms with Crippen LogP contribution in [0.15, 0.2) is 18.2 Å². The Morgan fingerprint density at radius 2 is 2.13 bits per heavy atom. The number of carbonyl (C=O) groups is 1. The predicted molar refractivity (Wildman–Crippen MR) is 52.1 cm³/mol. The third kappa shape index (κ3) is 2.99. The van der Waals surface area contributed by atoms with Gasteiger partial charge in [0.05, 0.1) is 6.04 Å². The molecule has 1 atom stereocenters. The van der Waals surface area contributed by atoms with Gasteiger partial charge in [-0.25, -0.2) is 8.78 Å². The maximum Gasteiger partial charge on any atom is 0.237 e. The minimum Gasteiger partial charge on any atom is -0.358 e. The van der Waals surface area contributed by atoms with Crippen molar-refractivity contribution >= 4 is 5.91 Å². The fraction of sp³-hybridized carbons (Fsp3) is 0.300. The normalized spacial score (nSPS) is 12.3. The van der Waals surface area contributed by atoms with E-state index in [2.05, 4.69) is 5.32 Å². The van der Waals surface area contributed by atoms with Gasteiger partial charge in [0, 0.05) is 7.05 Å². The maximum absolute atomic E-state index is 12.8. The van der Waals surface area contributed by atoms with Gasteiger partial charge in [-0.3, -0.25) is 4.79 Å². The highest BCUT2D eigenvalue weighted by molar-refractivity contribution is 5.81. The Hall–Kier alpha value is -1.49. The summed E-state index contributed by atoms with van der Waals surface area (Å²) in [4.78, 5) is 11.1. The van der Waals surface area contributed by atoms with Crippen molar-refractivity contribution in [3.8, 4) is 0 Å². The van der Waals surface area contributed by atoms with Crippen molar-refractivity contribution in [3.05, 3.63) is 35.4 Å². The van der Waals surface area contributed by atoms with Gasteiger partial charge >= 0.3 is 0 Å². The number of nitrogens with one attached hydrogen (secondary N) is 1. The topological polar surface area (TPSA) is 55.1 Å². The van der Waals surface area contributed by atoms with E-state index in [1.807, 2.05) is 0 Å². The summed E-state index contributed by atoms with van der Waals surface area (Å²) in [6.45, 7) is 0. The smallest absolute Gasteiger partial charge is 0.237 e. The van der Waals surface area contributed by atoms with Crippen LogP contribution in [0, 0.1) is 11.6 Å². The number of hydrogen-bond acceptors (Lipinski definition) is 2. The number of halogens is 2. The van der Waals surface area contributed by atoms with Gasteiger partial charge in [-0.05, 0) is 24.1 Å². The van der Waals surface area contributed by atoms with Gasteiger partial charge in [0.25, 0.3) is 0 Å². The Morgan fingerprint density at radius 1 is 1.47 bits per heavy atom. The van der Waals surface area contributed by atoms with Crippen LogP contribution >= 0.6 is 0 Å². The van der Waals surface area contributed by atoms with Crippen LogP contribution in [0.25, 0.3) is 0 Å². The zero-order valence-electron chi connectivity index (χ0n) is 8.26. The van der Waals surface area contributed by atoms with Gasteiger partial charge in [0.1, 0.15) is 0 Å². The summed E-state index contributed by atoms with van der Waals surface area (Å²) in [6.07, 6.45) is 0.177. The van der Waals surface area contributed by atoms with Crippen LogP contribution in [0.1, 0.15) is 5.56 Å². The molecule has 0 aliphatic rings. The lowest BCUT2D eigenvalue weighted by Crippen LogP contribution is -2.40. The van der Waals surface area contributed by atoms with Gasteiger partial charge in [-0.1, -0.05) is 6.07 Å². The molecule has 1 amide bonds. The molecule has 0 aromatic heterocycles. The Morgan fingerprint density at radius 3 is 2.67 bits per heavy atom. The molecule has 0 spiro atoms. The molecule has 1 rings (SSSR count). The van der Waals surface area contributed by atoms with Gasteiger partial charge < -0.3 is 11.1 Å². The summed E-state index contributed by atoms with van der Waals surface area (Å²) in [6, 6.07) is 2.71. The van der Waals surface area contributed by atoms with Crippen LogP contribution < -0.4 is 11.1 Å². The van der Waals surface area contributed by atoms with Crippen molar-refractivity contribution in [2.75, 3.05) is 7.05 Å². The number of benzene rings is 1. The molecular weight excluding hydrogens is 202 g/mol. The molecule has 0 saturated heterocycles. The fourth-order valence-electron chi connectivity index (χ4n) is 1.20. The first-order valence-electron chi connectivity index (χ1n) is 4.45. The lowest BCUT2D eigenvalue weighted by atomic mass is 10.1. The molecule has 15 heavy (non-hydrogen) atoms. The van der Waals surface area contributed by atoms with E-state index in [0.29, 0.717) is 5.56 Å². The van der Waals surface area contributed by atoms with Crippen molar-refractivity contribution in [3.63, 3.8) is 0 Å². The molecule has 0 heterocycles. The number of carbonyl (C=O) groups excluding carboxylic acids is 1. The molecule has 0 radical (unpaired) electrons. The first-order chi connectivity index (χ1) is 7.04. The number of nitrogens with two attached hydrogens (primary N) is 1. The molecule has 1 unspecified atom stereocenters. The van der Waals surface area contributed by atoms with Crippen molar-refractivity contribution in [1.29, 1.82) is 0 Å². The summed E-state index contributed by atoms with van der Waals surface area (Å²) in [5.74, 6) is -2.18. The molecule has 0 fully saturated rings. The second-order valence-electron chi connectivity index (χ2n) is 3.17. The number of hydrogen-bond donors (Lipinski definition) is 2. The molecule has 0 aliphatic heterocycles. The highest BCUT2D eigenvalue weighted by atomic mass is 19.2. The summed E-state index contributed by atoms with van der Waals surface area (Å²) in [5, 5.41) is 2.38. The Balaban J connectivity index is 2.73. The largest absolute Gasteiger partial charge is 0.358 e. The molecule has 3 N–H and O–H groups in total. The minimum absolute atomic E-state index is 0.177.